The largest absolute Gasteiger partial charge is 0.332 e. The Balaban J connectivity index is 1.84. The molecule has 3 aromatic rings. The van der Waals surface area contributed by atoms with Crippen LogP contribution in [-0.2, 0) is 23.0 Å². The quantitative estimate of drug-likeness (QED) is 0.766. The van der Waals surface area contributed by atoms with Gasteiger partial charge < -0.3 is 4.98 Å². The third kappa shape index (κ3) is 2.74. The van der Waals surface area contributed by atoms with Gasteiger partial charge in [-0.3, -0.25) is 0 Å². The van der Waals surface area contributed by atoms with Crippen molar-refractivity contribution in [1.82, 2.24) is 23.0 Å². The molecule has 0 saturated heterocycles. The molecule has 0 fully saturated rings. The lowest BCUT2D eigenvalue weighted by Gasteiger charge is -2.15. The predicted octanol–water partition coefficient (Wildman–Crippen LogP) is 1.80. The lowest BCUT2D eigenvalue weighted by Crippen LogP contribution is -2.26. The average Bonchev–Trinajstić information content (AvgIpc) is 3.15. The van der Waals surface area contributed by atoms with Gasteiger partial charge in [0.1, 0.15) is 16.9 Å². The summed E-state index contributed by atoms with van der Waals surface area (Å²) in [4.78, 5) is 6.88. The van der Waals surface area contributed by atoms with Crippen LogP contribution in [-0.4, -0.2) is 38.5 Å². The van der Waals surface area contributed by atoms with Crippen molar-refractivity contribution in [3.63, 3.8) is 0 Å². The molecular formula is C13H15N5O2S2. The Morgan fingerprint density at radius 2 is 2.05 bits per heavy atom. The van der Waals surface area contributed by atoms with E-state index in [0.29, 0.717) is 12.2 Å². The Labute approximate surface area is 132 Å². The van der Waals surface area contributed by atoms with Crippen molar-refractivity contribution in [2.45, 2.75) is 24.9 Å². The van der Waals surface area contributed by atoms with E-state index in [1.165, 1.54) is 10.5 Å². The van der Waals surface area contributed by atoms with E-state index in [-0.39, 0.29) is 11.6 Å². The highest BCUT2D eigenvalue weighted by Gasteiger charge is 2.23. The van der Waals surface area contributed by atoms with Gasteiger partial charge in [0.05, 0.1) is 17.9 Å². The summed E-state index contributed by atoms with van der Waals surface area (Å²) in [6.07, 6.45) is 2.02. The molecule has 0 saturated carbocycles. The Kier molecular flexibility index (Phi) is 3.94. The first-order valence-electron chi connectivity index (χ1n) is 6.72. The number of hydrogen-bond acceptors (Lipinski definition) is 6. The minimum absolute atomic E-state index is 0.114. The molecule has 0 spiro atoms. The molecule has 2 aromatic heterocycles. The van der Waals surface area contributed by atoms with Crippen LogP contribution in [0.15, 0.2) is 29.4 Å². The molecular weight excluding hydrogens is 322 g/mol. The summed E-state index contributed by atoms with van der Waals surface area (Å²) in [5.74, 6) is 0.655. The first kappa shape index (κ1) is 15.1. The predicted molar refractivity (Wildman–Crippen MR) is 84.0 cm³/mol. The number of rotatable bonds is 5. The molecule has 22 heavy (non-hydrogen) atoms. The van der Waals surface area contributed by atoms with Crippen molar-refractivity contribution in [1.29, 1.82) is 0 Å². The van der Waals surface area contributed by atoms with Crippen molar-refractivity contribution in [3.8, 4) is 0 Å². The topological polar surface area (TPSA) is 91.8 Å². The summed E-state index contributed by atoms with van der Waals surface area (Å²) in [5, 5.41) is 0.114. The van der Waals surface area contributed by atoms with E-state index < -0.39 is 10.0 Å². The van der Waals surface area contributed by atoms with Gasteiger partial charge >= 0.3 is 0 Å². The number of aromatic nitrogens is 4. The number of aromatic amines is 1. The minimum Gasteiger partial charge on any atom is -0.332 e. The molecule has 9 heteroatoms. The second-order valence-corrected chi connectivity index (χ2v) is 7.44. The Bertz CT molecular complexity index is 900. The van der Waals surface area contributed by atoms with Crippen molar-refractivity contribution in [2.24, 2.45) is 0 Å². The van der Waals surface area contributed by atoms with Crippen LogP contribution in [0.2, 0.25) is 0 Å². The van der Waals surface area contributed by atoms with E-state index in [9.17, 15) is 8.42 Å². The number of fused-ring (bicyclic) bond motifs is 1. The van der Waals surface area contributed by atoms with E-state index in [4.69, 9.17) is 0 Å². The second kappa shape index (κ2) is 5.75. The highest BCUT2D eigenvalue weighted by Crippen LogP contribution is 2.18. The SMILES string of the molecule is CCc1ncc(S(=O)(=O)N(C)Cc2ccc3nsnc3c2)[nH]1. The van der Waals surface area contributed by atoms with Crippen LogP contribution in [0.3, 0.4) is 0 Å². The van der Waals surface area contributed by atoms with Gasteiger partial charge in [-0.05, 0) is 17.7 Å². The molecule has 116 valence electrons. The second-order valence-electron chi connectivity index (χ2n) is 4.90. The number of benzene rings is 1. The van der Waals surface area contributed by atoms with Crippen LogP contribution in [0.4, 0.5) is 0 Å². The zero-order chi connectivity index (χ0) is 15.7. The van der Waals surface area contributed by atoms with Crippen LogP contribution in [0.5, 0.6) is 0 Å². The number of aryl methyl sites for hydroxylation is 1. The molecule has 0 aliphatic rings. The maximum absolute atomic E-state index is 12.5. The number of H-pyrrole nitrogens is 1. The van der Waals surface area contributed by atoms with Crippen molar-refractivity contribution in [2.75, 3.05) is 7.05 Å². The fourth-order valence-electron chi connectivity index (χ4n) is 2.09. The minimum atomic E-state index is -3.58. The molecule has 2 heterocycles. The van der Waals surface area contributed by atoms with Gasteiger partial charge in [0.15, 0.2) is 5.03 Å². The lowest BCUT2D eigenvalue weighted by molar-refractivity contribution is 0.464. The van der Waals surface area contributed by atoms with Gasteiger partial charge in [-0.2, -0.15) is 13.1 Å². The summed E-state index contributed by atoms with van der Waals surface area (Å²) in [6, 6.07) is 5.56. The molecule has 7 nitrogen and oxygen atoms in total. The fraction of sp³-hybridized carbons (Fsp3) is 0.308. The number of imidazole rings is 1. The zero-order valence-corrected chi connectivity index (χ0v) is 13.8. The summed E-state index contributed by atoms with van der Waals surface area (Å²) >= 11 is 1.14. The van der Waals surface area contributed by atoms with Gasteiger partial charge in [-0.25, -0.2) is 13.4 Å². The zero-order valence-electron chi connectivity index (χ0n) is 12.1. The average molecular weight is 337 g/mol. The molecule has 3 rings (SSSR count). The lowest BCUT2D eigenvalue weighted by atomic mass is 10.2. The van der Waals surface area contributed by atoms with Crippen LogP contribution >= 0.6 is 11.7 Å². The Morgan fingerprint density at radius 3 is 2.77 bits per heavy atom. The standard InChI is InChI=1S/C13H15N5O2S2/c1-3-12-14-7-13(15-12)22(19,20)18(2)8-9-4-5-10-11(6-9)17-21-16-10/h4-7H,3,8H2,1-2H3,(H,14,15). The van der Waals surface area contributed by atoms with E-state index >= 15 is 0 Å². The Hall–Kier alpha value is -1.84. The first-order valence-corrected chi connectivity index (χ1v) is 8.89. The summed E-state index contributed by atoms with van der Waals surface area (Å²) < 4.78 is 34.6. The molecule has 0 atom stereocenters. The molecule has 1 aromatic carbocycles. The maximum atomic E-state index is 12.5. The maximum Gasteiger partial charge on any atom is 0.260 e. The van der Waals surface area contributed by atoms with Gasteiger partial charge in [-0.1, -0.05) is 13.0 Å². The third-order valence-electron chi connectivity index (χ3n) is 3.35. The summed E-state index contributed by atoms with van der Waals surface area (Å²) in [5.41, 5.74) is 2.46. The van der Waals surface area contributed by atoms with Gasteiger partial charge in [0.25, 0.3) is 10.0 Å². The molecule has 0 amide bonds. The highest BCUT2D eigenvalue weighted by molar-refractivity contribution is 7.89. The summed E-state index contributed by atoms with van der Waals surface area (Å²) in [7, 11) is -2.04. The number of hydrogen-bond donors (Lipinski definition) is 1. The van der Waals surface area contributed by atoms with E-state index in [1.54, 1.807) is 7.05 Å². The van der Waals surface area contributed by atoms with Crippen LogP contribution in [0, 0.1) is 0 Å². The Morgan fingerprint density at radius 1 is 1.27 bits per heavy atom. The van der Waals surface area contributed by atoms with Crippen molar-refractivity contribution < 1.29 is 8.42 Å². The fourth-order valence-corrected chi connectivity index (χ4v) is 3.69. The molecule has 0 aliphatic carbocycles. The van der Waals surface area contributed by atoms with Crippen LogP contribution in [0.25, 0.3) is 11.0 Å². The molecule has 1 N–H and O–H groups in total. The highest BCUT2D eigenvalue weighted by atomic mass is 32.2. The van der Waals surface area contributed by atoms with E-state index in [1.807, 2.05) is 25.1 Å². The number of sulfonamides is 1. The normalized spacial score (nSPS) is 12.3. The third-order valence-corrected chi connectivity index (χ3v) is 5.62. The molecule has 0 radical (unpaired) electrons. The van der Waals surface area contributed by atoms with Gasteiger partial charge in [0.2, 0.25) is 0 Å². The van der Waals surface area contributed by atoms with Gasteiger partial charge in [-0.15, -0.1) is 0 Å². The van der Waals surface area contributed by atoms with Crippen molar-refractivity contribution in [3.05, 3.63) is 35.8 Å². The van der Waals surface area contributed by atoms with Crippen LogP contribution in [0.1, 0.15) is 18.3 Å². The van der Waals surface area contributed by atoms with Crippen molar-refractivity contribution >= 4 is 32.8 Å². The molecule has 0 unspecified atom stereocenters. The van der Waals surface area contributed by atoms with E-state index in [0.717, 1.165) is 28.3 Å². The van der Waals surface area contributed by atoms with Gasteiger partial charge in [0, 0.05) is 20.0 Å². The number of nitrogens with one attached hydrogen (secondary N) is 1. The molecule has 0 aliphatic heterocycles. The first-order chi connectivity index (χ1) is 10.5. The van der Waals surface area contributed by atoms with E-state index in [2.05, 4.69) is 18.7 Å². The smallest absolute Gasteiger partial charge is 0.260 e. The monoisotopic (exact) mass is 337 g/mol. The molecule has 0 bridgehead atoms. The van der Waals surface area contributed by atoms with Crippen LogP contribution < -0.4 is 0 Å². The number of nitrogens with zero attached hydrogens (tertiary/aromatic N) is 4. The summed E-state index contributed by atoms with van der Waals surface area (Å²) in [6.45, 7) is 2.17.